The molecule has 4 nitrogen and oxygen atoms in total. The number of ether oxygens (including phenoxy) is 1. The van der Waals surface area contributed by atoms with Crippen LogP contribution in [0, 0.1) is 0 Å². The standard InChI is InChI=1S/C12H22N2O2S/c1-8(12(13)17)16-5-4-14-9-2-3-10(14)7-11(15)6-9/h8-11,15H,2-7H2,1H3,(H2,13,17). The zero-order valence-corrected chi connectivity index (χ0v) is 11.2. The van der Waals surface area contributed by atoms with Crippen molar-refractivity contribution < 1.29 is 9.84 Å². The van der Waals surface area contributed by atoms with E-state index in [1.807, 2.05) is 6.92 Å². The number of aliphatic hydroxyl groups excluding tert-OH is 1. The van der Waals surface area contributed by atoms with Gasteiger partial charge in [0, 0.05) is 18.6 Å². The van der Waals surface area contributed by atoms with Crippen LogP contribution in [0.2, 0.25) is 0 Å². The Morgan fingerprint density at radius 3 is 2.59 bits per heavy atom. The fourth-order valence-corrected chi connectivity index (χ4v) is 3.10. The average molecular weight is 258 g/mol. The summed E-state index contributed by atoms with van der Waals surface area (Å²) < 4.78 is 5.59. The van der Waals surface area contributed by atoms with Crippen LogP contribution < -0.4 is 5.73 Å². The van der Waals surface area contributed by atoms with E-state index in [1.54, 1.807) is 0 Å². The molecule has 0 saturated carbocycles. The normalized spacial score (nSPS) is 34.8. The number of aliphatic hydroxyl groups is 1. The van der Waals surface area contributed by atoms with Crippen molar-refractivity contribution in [2.45, 2.75) is 56.9 Å². The van der Waals surface area contributed by atoms with E-state index in [0.29, 0.717) is 23.7 Å². The number of rotatable bonds is 5. The van der Waals surface area contributed by atoms with E-state index in [2.05, 4.69) is 4.90 Å². The van der Waals surface area contributed by atoms with Gasteiger partial charge in [0.1, 0.15) is 11.1 Å². The molecule has 0 aromatic carbocycles. The van der Waals surface area contributed by atoms with Gasteiger partial charge in [-0.1, -0.05) is 12.2 Å². The minimum Gasteiger partial charge on any atom is -0.393 e. The first-order valence-corrected chi connectivity index (χ1v) is 6.83. The molecule has 0 aliphatic carbocycles. The lowest BCUT2D eigenvalue weighted by Crippen LogP contribution is -2.46. The van der Waals surface area contributed by atoms with Crippen LogP contribution in [0.15, 0.2) is 0 Å². The Kier molecular flexibility index (Phi) is 4.36. The van der Waals surface area contributed by atoms with Crippen molar-refractivity contribution in [1.82, 2.24) is 4.90 Å². The molecule has 2 aliphatic rings. The van der Waals surface area contributed by atoms with Crippen molar-refractivity contribution in [2.75, 3.05) is 13.2 Å². The van der Waals surface area contributed by atoms with E-state index in [1.165, 1.54) is 12.8 Å². The van der Waals surface area contributed by atoms with Gasteiger partial charge in [-0.25, -0.2) is 0 Å². The molecule has 2 heterocycles. The quantitative estimate of drug-likeness (QED) is 0.710. The third-order valence-corrected chi connectivity index (χ3v) is 4.31. The maximum Gasteiger partial charge on any atom is 0.104 e. The Bertz CT molecular complexity index is 274. The number of hydrogen-bond donors (Lipinski definition) is 2. The van der Waals surface area contributed by atoms with Crippen LogP contribution in [-0.4, -0.2) is 52.4 Å². The van der Waals surface area contributed by atoms with Gasteiger partial charge in [-0.2, -0.15) is 0 Å². The molecule has 0 spiro atoms. The maximum atomic E-state index is 9.70. The van der Waals surface area contributed by atoms with E-state index in [-0.39, 0.29) is 12.2 Å². The molecule has 3 unspecified atom stereocenters. The van der Waals surface area contributed by atoms with Gasteiger partial charge in [0.05, 0.1) is 12.7 Å². The summed E-state index contributed by atoms with van der Waals surface area (Å²) in [6.45, 7) is 3.48. The highest BCUT2D eigenvalue weighted by Gasteiger charge is 2.39. The van der Waals surface area contributed by atoms with Gasteiger partial charge in [-0.15, -0.1) is 0 Å². The Labute approximate surface area is 108 Å². The van der Waals surface area contributed by atoms with Crippen molar-refractivity contribution in [3.8, 4) is 0 Å². The van der Waals surface area contributed by atoms with E-state index < -0.39 is 0 Å². The molecule has 0 aromatic rings. The van der Waals surface area contributed by atoms with E-state index in [4.69, 9.17) is 22.7 Å². The molecule has 3 N–H and O–H groups in total. The molecule has 2 aliphatic heterocycles. The summed E-state index contributed by atoms with van der Waals surface area (Å²) in [5.41, 5.74) is 5.50. The van der Waals surface area contributed by atoms with Gasteiger partial charge < -0.3 is 15.6 Å². The van der Waals surface area contributed by atoms with Gasteiger partial charge in [-0.3, -0.25) is 4.90 Å². The second kappa shape index (κ2) is 5.61. The lowest BCUT2D eigenvalue weighted by molar-refractivity contribution is 0.0111. The number of thiocarbonyl (C=S) groups is 1. The summed E-state index contributed by atoms with van der Waals surface area (Å²) in [4.78, 5) is 2.90. The highest BCUT2D eigenvalue weighted by molar-refractivity contribution is 7.80. The Balaban J connectivity index is 1.75. The molecule has 0 amide bonds. The molecular weight excluding hydrogens is 236 g/mol. The Morgan fingerprint density at radius 1 is 1.47 bits per heavy atom. The zero-order chi connectivity index (χ0) is 12.4. The van der Waals surface area contributed by atoms with Crippen LogP contribution >= 0.6 is 12.2 Å². The van der Waals surface area contributed by atoms with Crippen molar-refractivity contribution in [1.29, 1.82) is 0 Å². The van der Waals surface area contributed by atoms with Crippen molar-refractivity contribution >= 4 is 17.2 Å². The molecule has 98 valence electrons. The summed E-state index contributed by atoms with van der Waals surface area (Å²) in [6, 6.07) is 1.10. The molecule has 0 aromatic heterocycles. The molecule has 0 radical (unpaired) electrons. The van der Waals surface area contributed by atoms with Crippen molar-refractivity contribution in [3.05, 3.63) is 0 Å². The van der Waals surface area contributed by atoms with Gasteiger partial charge >= 0.3 is 0 Å². The minimum atomic E-state index is -0.141. The van der Waals surface area contributed by atoms with Crippen molar-refractivity contribution in [2.24, 2.45) is 5.73 Å². The smallest absolute Gasteiger partial charge is 0.104 e. The molecule has 5 heteroatoms. The SMILES string of the molecule is CC(OCCN1C2CCC1CC(O)C2)C(N)=S. The summed E-state index contributed by atoms with van der Waals surface area (Å²) in [5.74, 6) is 0. The topological polar surface area (TPSA) is 58.7 Å². The Hall–Kier alpha value is -0.230. The molecular formula is C12H22N2O2S. The monoisotopic (exact) mass is 258 g/mol. The number of nitrogens with two attached hydrogens (primary N) is 1. The van der Waals surface area contributed by atoms with Gasteiger partial charge in [-0.05, 0) is 32.6 Å². The lowest BCUT2D eigenvalue weighted by atomic mass is 10.0. The molecule has 2 fully saturated rings. The molecule has 2 bridgehead atoms. The Morgan fingerprint density at radius 2 is 2.06 bits per heavy atom. The first-order chi connectivity index (χ1) is 8.08. The zero-order valence-electron chi connectivity index (χ0n) is 10.3. The highest BCUT2D eigenvalue weighted by atomic mass is 32.1. The first kappa shape index (κ1) is 13.2. The molecule has 17 heavy (non-hydrogen) atoms. The lowest BCUT2D eigenvalue weighted by Gasteiger charge is -2.37. The third-order valence-electron chi connectivity index (χ3n) is 3.98. The molecule has 3 atom stereocenters. The van der Waals surface area contributed by atoms with Crippen LogP contribution in [0.25, 0.3) is 0 Å². The summed E-state index contributed by atoms with van der Waals surface area (Å²) in [6.07, 6.45) is 4.03. The van der Waals surface area contributed by atoms with Gasteiger partial charge in [0.25, 0.3) is 0 Å². The molecule has 2 rings (SSSR count). The number of hydrogen-bond acceptors (Lipinski definition) is 4. The number of fused-ring (bicyclic) bond motifs is 2. The predicted molar refractivity (Wildman–Crippen MR) is 71.0 cm³/mol. The van der Waals surface area contributed by atoms with Crippen LogP contribution in [0.5, 0.6) is 0 Å². The maximum absolute atomic E-state index is 9.70. The van der Waals surface area contributed by atoms with Crippen LogP contribution in [0.4, 0.5) is 0 Å². The summed E-state index contributed by atoms with van der Waals surface area (Å²) in [5, 5.41) is 9.70. The fourth-order valence-electron chi connectivity index (χ4n) is 3.03. The van der Waals surface area contributed by atoms with Crippen LogP contribution in [0.3, 0.4) is 0 Å². The number of piperidine rings is 1. The summed E-state index contributed by atoms with van der Waals surface area (Å²) >= 11 is 4.87. The predicted octanol–water partition coefficient (Wildman–Crippen LogP) is 0.665. The van der Waals surface area contributed by atoms with Gasteiger partial charge in [0.15, 0.2) is 0 Å². The first-order valence-electron chi connectivity index (χ1n) is 6.42. The largest absolute Gasteiger partial charge is 0.393 e. The van der Waals surface area contributed by atoms with Crippen LogP contribution in [-0.2, 0) is 4.74 Å². The van der Waals surface area contributed by atoms with Crippen molar-refractivity contribution in [3.63, 3.8) is 0 Å². The van der Waals surface area contributed by atoms with Crippen LogP contribution in [0.1, 0.15) is 32.6 Å². The van der Waals surface area contributed by atoms with E-state index in [9.17, 15) is 5.11 Å². The molecule has 2 saturated heterocycles. The van der Waals surface area contributed by atoms with Gasteiger partial charge in [0.2, 0.25) is 0 Å². The highest BCUT2D eigenvalue weighted by Crippen LogP contribution is 2.35. The second-order valence-corrected chi connectivity index (χ2v) is 5.63. The average Bonchev–Trinajstić information content (AvgIpc) is 2.51. The third kappa shape index (κ3) is 3.16. The number of nitrogens with zero attached hydrogens (tertiary/aromatic N) is 1. The van der Waals surface area contributed by atoms with E-state index in [0.717, 1.165) is 19.4 Å². The van der Waals surface area contributed by atoms with E-state index >= 15 is 0 Å². The second-order valence-electron chi connectivity index (χ2n) is 5.16. The minimum absolute atomic E-state index is 0.0970. The fraction of sp³-hybridized carbons (Fsp3) is 0.917. The summed E-state index contributed by atoms with van der Waals surface area (Å²) in [7, 11) is 0.